The summed E-state index contributed by atoms with van der Waals surface area (Å²) in [5.41, 5.74) is 2.68. The maximum absolute atomic E-state index is 5.52. The second-order valence-corrected chi connectivity index (χ2v) is 5.28. The van der Waals surface area contributed by atoms with Gasteiger partial charge >= 0.3 is 0 Å². The smallest absolute Gasteiger partial charge is 0.211 e. The summed E-state index contributed by atoms with van der Waals surface area (Å²) < 4.78 is 11.0. The maximum atomic E-state index is 5.52. The third-order valence-corrected chi connectivity index (χ3v) is 3.63. The van der Waals surface area contributed by atoms with E-state index in [0.717, 1.165) is 43.4 Å². The van der Waals surface area contributed by atoms with Crippen molar-refractivity contribution in [2.24, 2.45) is 0 Å². The highest BCUT2D eigenvalue weighted by Crippen LogP contribution is 2.25. The van der Waals surface area contributed by atoms with Crippen molar-refractivity contribution in [3.8, 4) is 5.75 Å². The molecule has 1 unspecified atom stereocenters. The molecule has 0 radical (unpaired) electrons. The van der Waals surface area contributed by atoms with Crippen molar-refractivity contribution >= 4 is 0 Å². The van der Waals surface area contributed by atoms with E-state index in [4.69, 9.17) is 9.15 Å². The Morgan fingerprint density at radius 2 is 2.30 bits per heavy atom. The molecule has 106 valence electrons. The van der Waals surface area contributed by atoms with Crippen molar-refractivity contribution in [2.45, 2.75) is 32.7 Å². The van der Waals surface area contributed by atoms with E-state index in [-0.39, 0.29) is 6.04 Å². The molecule has 1 aliphatic rings. The number of hydrogen-bond donors (Lipinski definition) is 1. The van der Waals surface area contributed by atoms with Crippen molar-refractivity contribution in [3.63, 3.8) is 0 Å². The zero-order chi connectivity index (χ0) is 13.9. The van der Waals surface area contributed by atoms with Gasteiger partial charge in [-0.15, -0.1) is 0 Å². The number of fused-ring (bicyclic) bond motifs is 1. The molecule has 0 spiro atoms. The molecule has 1 aromatic heterocycles. The summed E-state index contributed by atoms with van der Waals surface area (Å²) in [6, 6.07) is 6.62. The third kappa shape index (κ3) is 2.85. The molecule has 2 heterocycles. The molecule has 0 saturated heterocycles. The Bertz CT molecular complexity index is 592. The van der Waals surface area contributed by atoms with Crippen LogP contribution in [0.5, 0.6) is 5.75 Å². The van der Waals surface area contributed by atoms with Gasteiger partial charge in [0.15, 0.2) is 0 Å². The lowest BCUT2D eigenvalue weighted by molar-refractivity contribution is 0.357. The van der Waals surface area contributed by atoms with Crippen LogP contribution in [0.3, 0.4) is 0 Å². The van der Waals surface area contributed by atoms with Crippen LogP contribution in [0.1, 0.15) is 35.7 Å². The second-order valence-electron chi connectivity index (χ2n) is 5.28. The highest BCUT2D eigenvalue weighted by Gasteiger charge is 2.13. The Balaban J connectivity index is 1.52. The molecule has 1 aliphatic heterocycles. The quantitative estimate of drug-likeness (QED) is 0.909. The van der Waals surface area contributed by atoms with Gasteiger partial charge < -0.3 is 14.5 Å². The Hall–Kier alpha value is -1.81. The molecule has 1 N–H and O–H groups in total. The Kier molecular flexibility index (Phi) is 3.74. The molecule has 4 heteroatoms. The van der Waals surface area contributed by atoms with Crippen molar-refractivity contribution in [2.75, 3.05) is 13.2 Å². The summed E-state index contributed by atoms with van der Waals surface area (Å²) in [5.74, 6) is 2.66. The normalized spacial score (nSPS) is 14.9. The summed E-state index contributed by atoms with van der Waals surface area (Å²) in [7, 11) is 0. The van der Waals surface area contributed by atoms with Crippen LogP contribution >= 0.6 is 0 Å². The SMILES string of the molecule is Cc1cnc(C(C)NCCc2ccc3c(c2)CCO3)o1. The number of nitrogens with one attached hydrogen (secondary N) is 1. The maximum Gasteiger partial charge on any atom is 0.211 e. The van der Waals surface area contributed by atoms with E-state index in [0.29, 0.717) is 0 Å². The first-order valence-electron chi connectivity index (χ1n) is 7.12. The summed E-state index contributed by atoms with van der Waals surface area (Å²) in [6.45, 7) is 5.71. The first-order chi connectivity index (χ1) is 9.72. The number of aromatic nitrogens is 1. The molecule has 1 aromatic carbocycles. The highest BCUT2D eigenvalue weighted by molar-refractivity contribution is 5.39. The number of oxazole rings is 1. The van der Waals surface area contributed by atoms with Gasteiger partial charge in [0, 0.05) is 6.42 Å². The van der Waals surface area contributed by atoms with Gasteiger partial charge in [0.25, 0.3) is 0 Å². The summed E-state index contributed by atoms with van der Waals surface area (Å²) in [6.07, 6.45) is 3.79. The molecule has 2 aromatic rings. The van der Waals surface area contributed by atoms with Crippen molar-refractivity contribution < 1.29 is 9.15 Å². The van der Waals surface area contributed by atoms with E-state index < -0.39 is 0 Å². The predicted octanol–water partition coefficient (Wildman–Crippen LogP) is 2.81. The average Bonchev–Trinajstić information content (AvgIpc) is 3.06. The van der Waals surface area contributed by atoms with Crippen molar-refractivity contribution in [1.29, 1.82) is 0 Å². The number of benzene rings is 1. The number of nitrogens with zero attached hydrogens (tertiary/aromatic N) is 1. The lowest BCUT2D eigenvalue weighted by Crippen LogP contribution is -2.21. The summed E-state index contributed by atoms with van der Waals surface area (Å²) >= 11 is 0. The number of ether oxygens (including phenoxy) is 1. The largest absolute Gasteiger partial charge is 0.493 e. The van der Waals surface area contributed by atoms with Gasteiger partial charge in [0.05, 0.1) is 18.8 Å². The lowest BCUT2D eigenvalue weighted by atomic mass is 10.1. The lowest BCUT2D eigenvalue weighted by Gasteiger charge is -2.10. The number of hydrogen-bond acceptors (Lipinski definition) is 4. The highest BCUT2D eigenvalue weighted by atomic mass is 16.5. The van der Waals surface area contributed by atoms with E-state index in [1.165, 1.54) is 11.1 Å². The molecule has 0 bridgehead atoms. The van der Waals surface area contributed by atoms with Crippen LogP contribution in [0.2, 0.25) is 0 Å². The van der Waals surface area contributed by atoms with Gasteiger partial charge in [-0.25, -0.2) is 4.98 Å². The molecule has 0 fully saturated rings. The molecule has 4 nitrogen and oxygen atoms in total. The standard InChI is InChI=1S/C16H20N2O2/c1-11-10-18-16(20-11)12(2)17-7-5-13-3-4-15-14(9-13)6-8-19-15/h3-4,9-10,12,17H,5-8H2,1-2H3. The summed E-state index contributed by atoms with van der Waals surface area (Å²) in [5, 5.41) is 3.44. The first kappa shape index (κ1) is 13.2. The molecule has 3 rings (SSSR count). The second kappa shape index (κ2) is 5.67. The molecule has 20 heavy (non-hydrogen) atoms. The summed E-state index contributed by atoms with van der Waals surface area (Å²) in [4.78, 5) is 4.24. The van der Waals surface area contributed by atoms with Gasteiger partial charge in [-0.2, -0.15) is 0 Å². The minimum Gasteiger partial charge on any atom is -0.493 e. The van der Waals surface area contributed by atoms with E-state index in [9.17, 15) is 0 Å². The number of rotatable bonds is 5. The van der Waals surface area contributed by atoms with Crippen molar-refractivity contribution in [1.82, 2.24) is 10.3 Å². The van der Waals surface area contributed by atoms with Crippen LogP contribution in [-0.2, 0) is 12.8 Å². The van der Waals surface area contributed by atoms with Crippen LogP contribution in [0, 0.1) is 6.92 Å². The Morgan fingerprint density at radius 3 is 3.10 bits per heavy atom. The zero-order valence-corrected chi connectivity index (χ0v) is 12.0. The van der Waals surface area contributed by atoms with E-state index >= 15 is 0 Å². The van der Waals surface area contributed by atoms with Crippen LogP contribution < -0.4 is 10.1 Å². The topological polar surface area (TPSA) is 47.3 Å². The van der Waals surface area contributed by atoms with E-state index in [1.807, 2.05) is 6.92 Å². The van der Waals surface area contributed by atoms with Crippen LogP contribution in [0.15, 0.2) is 28.8 Å². The van der Waals surface area contributed by atoms with E-state index in [2.05, 4.69) is 35.4 Å². The third-order valence-electron chi connectivity index (χ3n) is 3.63. The Labute approximate surface area is 119 Å². The molecular formula is C16H20N2O2. The molecule has 0 aliphatic carbocycles. The fourth-order valence-corrected chi connectivity index (χ4v) is 2.49. The van der Waals surface area contributed by atoms with Crippen LogP contribution in [-0.4, -0.2) is 18.1 Å². The molecule has 0 amide bonds. The van der Waals surface area contributed by atoms with Crippen LogP contribution in [0.4, 0.5) is 0 Å². The fraction of sp³-hybridized carbons (Fsp3) is 0.438. The Morgan fingerprint density at radius 1 is 1.40 bits per heavy atom. The van der Waals surface area contributed by atoms with Gasteiger partial charge in [-0.05, 0) is 44.0 Å². The van der Waals surface area contributed by atoms with Crippen LogP contribution in [0.25, 0.3) is 0 Å². The van der Waals surface area contributed by atoms with Crippen molar-refractivity contribution in [3.05, 3.63) is 47.2 Å². The van der Waals surface area contributed by atoms with Gasteiger partial charge in [0.2, 0.25) is 5.89 Å². The molecular weight excluding hydrogens is 252 g/mol. The zero-order valence-electron chi connectivity index (χ0n) is 12.0. The van der Waals surface area contributed by atoms with Gasteiger partial charge in [0.1, 0.15) is 11.5 Å². The average molecular weight is 272 g/mol. The molecule has 0 saturated carbocycles. The monoisotopic (exact) mass is 272 g/mol. The van der Waals surface area contributed by atoms with E-state index in [1.54, 1.807) is 6.20 Å². The van der Waals surface area contributed by atoms with Gasteiger partial charge in [-0.3, -0.25) is 0 Å². The minimum atomic E-state index is 0.140. The number of aryl methyl sites for hydroxylation is 1. The molecule has 1 atom stereocenters. The van der Waals surface area contributed by atoms with Gasteiger partial charge in [-0.1, -0.05) is 12.1 Å². The first-order valence-corrected chi connectivity index (χ1v) is 7.12. The minimum absolute atomic E-state index is 0.140. The predicted molar refractivity (Wildman–Crippen MR) is 77.0 cm³/mol. The fourth-order valence-electron chi connectivity index (χ4n) is 2.49.